The first-order chi connectivity index (χ1) is 8.78. The Kier molecular flexibility index (Phi) is 3.49. The van der Waals surface area contributed by atoms with E-state index in [2.05, 4.69) is 4.98 Å². The van der Waals surface area contributed by atoms with Crippen LogP contribution in [-0.2, 0) is 4.74 Å². The number of amides is 1. The Morgan fingerprint density at radius 2 is 2.16 bits per heavy atom. The van der Waals surface area contributed by atoms with Gasteiger partial charge < -0.3 is 4.74 Å². The van der Waals surface area contributed by atoms with Crippen LogP contribution in [0.5, 0.6) is 0 Å². The van der Waals surface area contributed by atoms with Crippen molar-refractivity contribution in [2.24, 2.45) is 0 Å². The Hall–Kier alpha value is -1.62. The lowest BCUT2D eigenvalue weighted by Gasteiger charge is -2.30. The zero-order valence-corrected chi connectivity index (χ0v) is 11.8. The highest BCUT2D eigenvalue weighted by Crippen LogP contribution is 2.28. The molecule has 1 aromatic heterocycles. The van der Waals surface area contributed by atoms with E-state index in [9.17, 15) is 9.59 Å². The fourth-order valence-electron chi connectivity index (χ4n) is 1.80. The zero-order chi connectivity index (χ0) is 14.2. The van der Waals surface area contributed by atoms with Gasteiger partial charge in [-0.05, 0) is 26.8 Å². The van der Waals surface area contributed by atoms with Gasteiger partial charge in [0.05, 0.1) is 10.6 Å². The summed E-state index contributed by atoms with van der Waals surface area (Å²) in [6.07, 6.45) is 1.15. The number of ether oxygens (including phenoxy) is 1. The Bertz CT molecular complexity index is 537. The molecule has 6 heteroatoms. The number of carbonyl (C=O) groups excluding carboxylic acids is 2. The number of halogens is 1. The van der Waals surface area contributed by atoms with Crippen molar-refractivity contribution in [2.75, 3.05) is 11.4 Å². The van der Waals surface area contributed by atoms with Crippen molar-refractivity contribution >= 4 is 29.3 Å². The summed E-state index contributed by atoms with van der Waals surface area (Å²) >= 11 is 5.83. The Labute approximate surface area is 116 Å². The van der Waals surface area contributed by atoms with Gasteiger partial charge in [-0.25, -0.2) is 9.78 Å². The number of ketones is 1. The second-order valence-electron chi connectivity index (χ2n) is 5.33. The van der Waals surface area contributed by atoms with Gasteiger partial charge in [-0.15, -0.1) is 0 Å². The van der Waals surface area contributed by atoms with E-state index in [1.165, 1.54) is 17.2 Å². The normalized spacial score (nSPS) is 15.2. The van der Waals surface area contributed by atoms with Crippen LogP contribution in [0.15, 0.2) is 12.3 Å². The van der Waals surface area contributed by atoms with E-state index in [-0.39, 0.29) is 18.7 Å². The molecule has 0 atom stereocenters. The van der Waals surface area contributed by atoms with E-state index in [4.69, 9.17) is 16.3 Å². The maximum atomic E-state index is 12.1. The monoisotopic (exact) mass is 282 g/mol. The number of hydrogen-bond donors (Lipinski definition) is 0. The summed E-state index contributed by atoms with van der Waals surface area (Å²) in [5.74, 6) is 0.250. The first-order valence-electron chi connectivity index (χ1n) is 5.97. The molecule has 102 valence electrons. The lowest BCUT2D eigenvalue weighted by Crippen LogP contribution is -2.41. The molecule has 0 spiro atoms. The fourth-order valence-corrected chi connectivity index (χ4v) is 1.96. The van der Waals surface area contributed by atoms with Gasteiger partial charge in [0.1, 0.15) is 11.4 Å². The molecule has 1 amide bonds. The van der Waals surface area contributed by atoms with Crippen LogP contribution in [0.25, 0.3) is 0 Å². The molecular weight excluding hydrogens is 268 g/mol. The number of hydrogen-bond acceptors (Lipinski definition) is 4. The molecule has 5 nitrogen and oxygen atoms in total. The average Bonchev–Trinajstić information content (AvgIpc) is 2.27. The molecule has 0 saturated heterocycles. The molecule has 1 aliphatic rings. The third-order valence-electron chi connectivity index (χ3n) is 2.57. The SMILES string of the molecule is CC(C)(C)OC(=O)N1CCC(=O)c2cc(Cl)cnc21. The van der Waals surface area contributed by atoms with Gasteiger partial charge in [-0.3, -0.25) is 9.69 Å². The van der Waals surface area contributed by atoms with Crippen molar-refractivity contribution in [3.63, 3.8) is 0 Å². The number of pyridine rings is 1. The number of carbonyl (C=O) groups is 2. The molecule has 0 unspecified atom stereocenters. The Morgan fingerprint density at radius 3 is 2.79 bits per heavy atom. The molecule has 0 aliphatic carbocycles. The third-order valence-corrected chi connectivity index (χ3v) is 2.77. The van der Waals surface area contributed by atoms with Crippen LogP contribution in [-0.4, -0.2) is 29.0 Å². The summed E-state index contributed by atoms with van der Waals surface area (Å²) < 4.78 is 5.30. The van der Waals surface area contributed by atoms with E-state index in [0.717, 1.165) is 0 Å². The minimum absolute atomic E-state index is 0.0650. The van der Waals surface area contributed by atoms with Crippen LogP contribution in [0.2, 0.25) is 5.02 Å². The number of nitrogens with zero attached hydrogens (tertiary/aromatic N) is 2. The topological polar surface area (TPSA) is 59.5 Å². The summed E-state index contributed by atoms with van der Waals surface area (Å²) in [6.45, 7) is 5.64. The third kappa shape index (κ3) is 3.04. The molecule has 0 aromatic carbocycles. The molecule has 1 aliphatic heterocycles. The predicted molar refractivity (Wildman–Crippen MR) is 71.8 cm³/mol. The second-order valence-corrected chi connectivity index (χ2v) is 5.77. The van der Waals surface area contributed by atoms with Crippen LogP contribution >= 0.6 is 11.6 Å². The van der Waals surface area contributed by atoms with Gasteiger partial charge in [-0.1, -0.05) is 11.6 Å². The molecule has 0 fully saturated rings. The summed E-state index contributed by atoms with van der Waals surface area (Å²) in [6, 6.07) is 1.53. The first kappa shape index (κ1) is 13.8. The van der Waals surface area contributed by atoms with Crippen molar-refractivity contribution in [3.05, 3.63) is 22.8 Å². The van der Waals surface area contributed by atoms with Crippen LogP contribution in [0.4, 0.5) is 10.6 Å². The Morgan fingerprint density at radius 1 is 1.47 bits per heavy atom. The average molecular weight is 283 g/mol. The molecule has 0 saturated carbocycles. The number of aromatic nitrogens is 1. The number of Topliss-reactive ketones (excluding diaryl/α,β-unsaturated/α-hetero) is 1. The molecule has 0 N–H and O–H groups in total. The second kappa shape index (κ2) is 4.81. The van der Waals surface area contributed by atoms with E-state index in [0.29, 0.717) is 16.4 Å². The van der Waals surface area contributed by atoms with Crippen LogP contribution < -0.4 is 4.90 Å². The molecule has 0 bridgehead atoms. The molecule has 2 heterocycles. The van der Waals surface area contributed by atoms with Gasteiger partial charge >= 0.3 is 6.09 Å². The summed E-state index contributed by atoms with van der Waals surface area (Å²) in [7, 11) is 0. The van der Waals surface area contributed by atoms with Crippen LogP contribution in [0, 0.1) is 0 Å². The quantitative estimate of drug-likeness (QED) is 0.734. The van der Waals surface area contributed by atoms with Crippen molar-refractivity contribution in [2.45, 2.75) is 32.8 Å². The zero-order valence-electron chi connectivity index (χ0n) is 11.1. The minimum Gasteiger partial charge on any atom is -0.443 e. The van der Waals surface area contributed by atoms with Crippen LogP contribution in [0.3, 0.4) is 0 Å². The maximum absolute atomic E-state index is 12.1. The van der Waals surface area contributed by atoms with Crippen LogP contribution in [0.1, 0.15) is 37.6 Å². The molecule has 0 radical (unpaired) electrons. The van der Waals surface area contributed by atoms with Crippen molar-refractivity contribution in [3.8, 4) is 0 Å². The summed E-state index contributed by atoms with van der Waals surface area (Å²) in [5.41, 5.74) is -0.227. The molecular formula is C13H15ClN2O3. The lowest BCUT2D eigenvalue weighted by atomic mass is 10.0. The van der Waals surface area contributed by atoms with E-state index < -0.39 is 11.7 Å². The number of fused-ring (bicyclic) bond motifs is 1. The summed E-state index contributed by atoms with van der Waals surface area (Å²) in [4.78, 5) is 29.3. The first-order valence-corrected chi connectivity index (χ1v) is 6.35. The highest BCUT2D eigenvalue weighted by molar-refractivity contribution is 6.31. The van der Waals surface area contributed by atoms with Gasteiger partial charge in [0, 0.05) is 19.2 Å². The van der Waals surface area contributed by atoms with E-state index in [1.807, 2.05) is 0 Å². The van der Waals surface area contributed by atoms with Crippen molar-refractivity contribution in [1.29, 1.82) is 0 Å². The van der Waals surface area contributed by atoms with Gasteiger partial charge in [0.15, 0.2) is 5.78 Å². The molecule has 2 rings (SSSR count). The van der Waals surface area contributed by atoms with Gasteiger partial charge in [0.2, 0.25) is 0 Å². The lowest BCUT2D eigenvalue weighted by molar-refractivity contribution is 0.0576. The molecule has 19 heavy (non-hydrogen) atoms. The largest absolute Gasteiger partial charge is 0.443 e. The van der Waals surface area contributed by atoms with Crippen molar-refractivity contribution < 1.29 is 14.3 Å². The maximum Gasteiger partial charge on any atom is 0.416 e. The minimum atomic E-state index is -0.592. The summed E-state index contributed by atoms with van der Waals surface area (Å²) in [5, 5.41) is 0.373. The molecule has 1 aromatic rings. The van der Waals surface area contributed by atoms with E-state index in [1.54, 1.807) is 20.8 Å². The van der Waals surface area contributed by atoms with Gasteiger partial charge in [-0.2, -0.15) is 0 Å². The highest BCUT2D eigenvalue weighted by atomic mass is 35.5. The van der Waals surface area contributed by atoms with Gasteiger partial charge in [0.25, 0.3) is 0 Å². The Balaban J connectivity index is 2.33. The smallest absolute Gasteiger partial charge is 0.416 e. The number of anilines is 1. The number of rotatable bonds is 0. The predicted octanol–water partition coefficient (Wildman–Crippen LogP) is 3.06. The fraction of sp³-hybridized carbons (Fsp3) is 0.462. The standard InChI is InChI=1S/C13H15ClN2O3/c1-13(2,3)19-12(18)16-5-4-10(17)9-6-8(14)7-15-11(9)16/h6-7H,4-5H2,1-3H3. The highest BCUT2D eigenvalue weighted by Gasteiger charge is 2.31. The van der Waals surface area contributed by atoms with E-state index >= 15 is 0 Å². The van der Waals surface area contributed by atoms with Crippen molar-refractivity contribution in [1.82, 2.24) is 4.98 Å².